The number of carbonyl (C=O) groups excluding carboxylic acids is 3. The van der Waals surface area contributed by atoms with E-state index in [1.807, 2.05) is 18.2 Å². The Morgan fingerprint density at radius 2 is 1.95 bits per heavy atom. The average Bonchev–Trinajstić information content (AvgIpc) is 3.21. The predicted molar refractivity (Wildman–Crippen MR) is 139 cm³/mol. The molecule has 2 aromatic carbocycles. The third-order valence-electron chi connectivity index (χ3n) is 6.34. The van der Waals surface area contributed by atoms with Gasteiger partial charge >= 0.3 is 6.03 Å². The van der Waals surface area contributed by atoms with Gasteiger partial charge in [0.05, 0.1) is 38.1 Å². The molecule has 10 heteroatoms. The van der Waals surface area contributed by atoms with E-state index in [0.29, 0.717) is 46.3 Å². The van der Waals surface area contributed by atoms with Crippen LogP contribution in [-0.2, 0) is 16.0 Å². The number of benzene rings is 2. The Kier molecular flexibility index (Phi) is 8.03. The number of halogens is 1. The van der Waals surface area contributed by atoms with Crippen molar-refractivity contribution in [3.05, 3.63) is 82.5 Å². The zero-order chi connectivity index (χ0) is 26.5. The maximum Gasteiger partial charge on any atom is 0.322 e. The molecule has 2 aromatic rings. The van der Waals surface area contributed by atoms with Crippen molar-refractivity contribution in [3.63, 3.8) is 0 Å². The first-order valence-electron chi connectivity index (χ1n) is 11.8. The number of hydrogen-bond donors (Lipinski definition) is 2. The molecule has 9 nitrogen and oxygen atoms in total. The Bertz CT molecular complexity index is 1260. The van der Waals surface area contributed by atoms with E-state index in [-0.39, 0.29) is 37.5 Å². The molecule has 0 radical (unpaired) electrons. The van der Waals surface area contributed by atoms with Crippen molar-refractivity contribution >= 4 is 29.4 Å². The molecule has 4 rings (SSSR count). The average molecular weight is 525 g/mol. The summed E-state index contributed by atoms with van der Waals surface area (Å²) in [5.74, 6) is 0.639. The first-order chi connectivity index (χ1) is 17.9. The molecule has 0 aliphatic carbocycles. The standard InChI is InChI=1S/C27H29ClN4O5/c1-4-13-32-20-15-31(16-23(33)29-12-11-17-9-10-21(36-2)22(14-17)37-3)26(34)24(20)25(30-27(32)35)18-7-5-6-8-19(18)28/h4-10,14,25H,1,11-13,15-16H2,2-3H3,(H,29,33)(H,30,35)/t25-/m0/s1. The molecule has 0 unspecified atom stereocenters. The van der Waals surface area contributed by atoms with Crippen molar-refractivity contribution in [2.24, 2.45) is 0 Å². The van der Waals surface area contributed by atoms with E-state index in [9.17, 15) is 14.4 Å². The molecular weight excluding hydrogens is 496 g/mol. The van der Waals surface area contributed by atoms with Gasteiger partial charge in [0.1, 0.15) is 6.54 Å². The minimum atomic E-state index is -0.706. The van der Waals surface area contributed by atoms with Crippen LogP contribution in [0.2, 0.25) is 5.02 Å². The van der Waals surface area contributed by atoms with E-state index < -0.39 is 6.04 Å². The molecule has 37 heavy (non-hydrogen) atoms. The Morgan fingerprint density at radius 1 is 1.19 bits per heavy atom. The van der Waals surface area contributed by atoms with E-state index in [1.165, 1.54) is 9.80 Å². The van der Waals surface area contributed by atoms with Crippen LogP contribution in [0.25, 0.3) is 0 Å². The first kappa shape index (κ1) is 26.1. The molecule has 0 aromatic heterocycles. The van der Waals surface area contributed by atoms with Crippen LogP contribution in [0.3, 0.4) is 0 Å². The second-order valence-corrected chi connectivity index (χ2v) is 9.02. The number of urea groups is 1. The summed E-state index contributed by atoms with van der Waals surface area (Å²) in [5.41, 5.74) is 2.56. The van der Waals surface area contributed by atoms with Crippen LogP contribution in [0.4, 0.5) is 4.79 Å². The first-order valence-corrected chi connectivity index (χ1v) is 12.2. The van der Waals surface area contributed by atoms with Gasteiger partial charge in [0.2, 0.25) is 5.91 Å². The molecule has 4 amide bonds. The van der Waals surface area contributed by atoms with Gasteiger partial charge in [0.15, 0.2) is 11.5 Å². The molecule has 194 valence electrons. The molecule has 2 heterocycles. The SMILES string of the molecule is C=CCN1C(=O)N[C@@H](c2ccccc2Cl)C2=C1CN(CC(=O)NCCc1ccc(OC)c(OC)c1)C2=O. The normalized spacial score (nSPS) is 16.9. The molecule has 2 aliphatic heterocycles. The number of hydrogen-bond acceptors (Lipinski definition) is 5. The summed E-state index contributed by atoms with van der Waals surface area (Å²) in [4.78, 5) is 42.0. The third-order valence-corrected chi connectivity index (χ3v) is 6.69. The van der Waals surface area contributed by atoms with Gasteiger partial charge < -0.3 is 25.0 Å². The van der Waals surface area contributed by atoms with Crippen LogP contribution in [0.5, 0.6) is 11.5 Å². The Balaban J connectivity index is 1.44. The fourth-order valence-corrected chi connectivity index (χ4v) is 4.80. The van der Waals surface area contributed by atoms with Crippen molar-refractivity contribution in [1.29, 1.82) is 0 Å². The quantitative estimate of drug-likeness (QED) is 0.465. The number of methoxy groups -OCH3 is 2. The largest absolute Gasteiger partial charge is 0.493 e. The lowest BCUT2D eigenvalue weighted by molar-refractivity contribution is -0.131. The molecular formula is C27H29ClN4O5. The summed E-state index contributed by atoms with van der Waals surface area (Å²) in [7, 11) is 3.14. The predicted octanol–water partition coefficient (Wildman–Crippen LogP) is 3.06. The van der Waals surface area contributed by atoms with Gasteiger partial charge in [0.25, 0.3) is 5.91 Å². The van der Waals surface area contributed by atoms with Crippen molar-refractivity contribution in [1.82, 2.24) is 20.4 Å². The van der Waals surface area contributed by atoms with Gasteiger partial charge in [0, 0.05) is 18.1 Å². The number of carbonyl (C=O) groups is 3. The van der Waals surface area contributed by atoms with Gasteiger partial charge in [-0.15, -0.1) is 6.58 Å². The fourth-order valence-electron chi connectivity index (χ4n) is 4.55. The van der Waals surface area contributed by atoms with Gasteiger partial charge in [-0.3, -0.25) is 14.5 Å². The highest BCUT2D eigenvalue weighted by Crippen LogP contribution is 2.38. The number of nitrogens with zero attached hydrogens (tertiary/aromatic N) is 2. The maximum absolute atomic E-state index is 13.5. The van der Waals surface area contributed by atoms with Crippen LogP contribution < -0.4 is 20.1 Å². The number of rotatable bonds is 10. The fraction of sp³-hybridized carbons (Fsp3) is 0.296. The highest BCUT2D eigenvalue weighted by atomic mass is 35.5. The summed E-state index contributed by atoms with van der Waals surface area (Å²) in [6.45, 7) is 4.34. The van der Waals surface area contributed by atoms with Gasteiger partial charge in [-0.1, -0.05) is 41.9 Å². The number of nitrogens with one attached hydrogen (secondary N) is 2. The van der Waals surface area contributed by atoms with E-state index in [2.05, 4.69) is 17.2 Å². The van der Waals surface area contributed by atoms with Gasteiger partial charge in [-0.05, 0) is 35.7 Å². The van der Waals surface area contributed by atoms with Gasteiger partial charge in [-0.2, -0.15) is 0 Å². The van der Waals surface area contributed by atoms with Crippen LogP contribution in [0.15, 0.2) is 66.4 Å². The summed E-state index contributed by atoms with van der Waals surface area (Å²) >= 11 is 6.40. The highest BCUT2D eigenvalue weighted by Gasteiger charge is 2.44. The summed E-state index contributed by atoms with van der Waals surface area (Å²) in [6, 6.07) is 11.6. The van der Waals surface area contributed by atoms with Crippen molar-refractivity contribution in [2.45, 2.75) is 12.5 Å². The molecule has 0 saturated carbocycles. The van der Waals surface area contributed by atoms with Crippen molar-refractivity contribution in [2.75, 3.05) is 40.4 Å². The monoisotopic (exact) mass is 524 g/mol. The van der Waals surface area contributed by atoms with E-state index in [1.54, 1.807) is 44.6 Å². The zero-order valence-electron chi connectivity index (χ0n) is 20.8. The minimum Gasteiger partial charge on any atom is -0.493 e. The molecule has 0 spiro atoms. The Hall–Kier alpha value is -3.98. The minimum absolute atomic E-state index is 0.136. The maximum atomic E-state index is 13.5. The summed E-state index contributed by atoms with van der Waals surface area (Å²) < 4.78 is 10.6. The van der Waals surface area contributed by atoms with E-state index >= 15 is 0 Å². The van der Waals surface area contributed by atoms with Crippen molar-refractivity contribution in [3.8, 4) is 11.5 Å². The topological polar surface area (TPSA) is 100 Å². The molecule has 0 fully saturated rings. The third kappa shape index (κ3) is 5.41. The highest BCUT2D eigenvalue weighted by molar-refractivity contribution is 6.31. The van der Waals surface area contributed by atoms with Crippen LogP contribution in [0.1, 0.15) is 17.2 Å². The smallest absolute Gasteiger partial charge is 0.322 e. The van der Waals surface area contributed by atoms with E-state index in [0.717, 1.165) is 5.56 Å². The Morgan fingerprint density at radius 3 is 2.65 bits per heavy atom. The van der Waals surface area contributed by atoms with Crippen molar-refractivity contribution < 1.29 is 23.9 Å². The number of ether oxygens (including phenoxy) is 2. The molecule has 2 N–H and O–H groups in total. The van der Waals surface area contributed by atoms with Crippen LogP contribution in [-0.4, -0.2) is 68.0 Å². The molecule has 0 bridgehead atoms. The molecule has 1 atom stereocenters. The molecule has 0 saturated heterocycles. The lowest BCUT2D eigenvalue weighted by atomic mass is 9.95. The summed E-state index contributed by atoms with van der Waals surface area (Å²) in [5, 5.41) is 6.19. The second kappa shape index (κ2) is 11.4. The number of amides is 4. The lowest BCUT2D eigenvalue weighted by Gasteiger charge is -2.33. The Labute approximate surface area is 220 Å². The zero-order valence-corrected chi connectivity index (χ0v) is 21.5. The molecule has 2 aliphatic rings. The van der Waals surface area contributed by atoms with Gasteiger partial charge in [-0.25, -0.2) is 4.79 Å². The van der Waals surface area contributed by atoms with Crippen LogP contribution in [0, 0.1) is 0 Å². The summed E-state index contributed by atoms with van der Waals surface area (Å²) in [6.07, 6.45) is 2.17. The van der Waals surface area contributed by atoms with E-state index in [4.69, 9.17) is 21.1 Å². The second-order valence-electron chi connectivity index (χ2n) is 8.61. The lowest BCUT2D eigenvalue weighted by Crippen LogP contribution is -2.47. The van der Waals surface area contributed by atoms with Crippen LogP contribution >= 0.6 is 11.6 Å².